The molecule has 14 heavy (non-hydrogen) atoms. The first-order valence-electron chi connectivity index (χ1n) is 5.02. The molecule has 2 heterocycles. The number of ether oxygens (including phenoxy) is 3. The van der Waals surface area contributed by atoms with Crippen molar-refractivity contribution in [3.05, 3.63) is 0 Å². The summed E-state index contributed by atoms with van der Waals surface area (Å²) < 4.78 is 16.6. The van der Waals surface area contributed by atoms with E-state index in [1.54, 1.807) is 0 Å². The molecule has 0 saturated carbocycles. The van der Waals surface area contributed by atoms with Crippen molar-refractivity contribution < 1.29 is 19.0 Å². The minimum atomic E-state index is -0.420. The number of ketones is 1. The molecule has 0 aromatic rings. The molecule has 2 rings (SSSR count). The third kappa shape index (κ3) is 2.32. The van der Waals surface area contributed by atoms with Crippen molar-refractivity contribution in [2.24, 2.45) is 0 Å². The van der Waals surface area contributed by atoms with E-state index in [1.807, 2.05) is 13.8 Å². The molecule has 0 spiro atoms. The van der Waals surface area contributed by atoms with Crippen LogP contribution in [0.3, 0.4) is 0 Å². The van der Waals surface area contributed by atoms with Crippen molar-refractivity contribution in [1.82, 2.24) is 0 Å². The first-order chi connectivity index (χ1) is 6.55. The molecule has 2 aliphatic heterocycles. The van der Waals surface area contributed by atoms with Gasteiger partial charge in [-0.05, 0) is 20.3 Å². The van der Waals surface area contributed by atoms with Gasteiger partial charge in [0.25, 0.3) is 0 Å². The van der Waals surface area contributed by atoms with Crippen molar-refractivity contribution in [1.29, 1.82) is 0 Å². The van der Waals surface area contributed by atoms with Gasteiger partial charge in [0.05, 0.1) is 25.0 Å². The average molecular weight is 200 g/mol. The largest absolute Gasteiger partial charge is 0.352 e. The molecular weight excluding hydrogens is 184 g/mol. The molecular formula is C10H16O4. The Morgan fingerprint density at radius 1 is 1.29 bits per heavy atom. The van der Waals surface area contributed by atoms with Crippen molar-refractivity contribution in [2.75, 3.05) is 6.61 Å². The van der Waals surface area contributed by atoms with Crippen LogP contribution in [0.25, 0.3) is 0 Å². The van der Waals surface area contributed by atoms with Gasteiger partial charge in [0.15, 0.2) is 12.6 Å². The van der Waals surface area contributed by atoms with Crippen LogP contribution in [0, 0.1) is 0 Å². The Morgan fingerprint density at radius 3 is 2.79 bits per heavy atom. The summed E-state index contributed by atoms with van der Waals surface area (Å²) in [6, 6.07) is 0. The fourth-order valence-electron chi connectivity index (χ4n) is 1.74. The summed E-state index contributed by atoms with van der Waals surface area (Å²) in [4.78, 5) is 11.3. The van der Waals surface area contributed by atoms with Crippen LogP contribution in [-0.2, 0) is 19.0 Å². The van der Waals surface area contributed by atoms with E-state index >= 15 is 0 Å². The zero-order chi connectivity index (χ0) is 10.2. The van der Waals surface area contributed by atoms with Gasteiger partial charge in [-0.1, -0.05) is 0 Å². The molecule has 0 amide bonds. The minimum Gasteiger partial charge on any atom is -0.352 e. The van der Waals surface area contributed by atoms with Crippen molar-refractivity contribution in [3.8, 4) is 0 Å². The normalized spacial score (nSPS) is 37.4. The van der Waals surface area contributed by atoms with Crippen LogP contribution >= 0.6 is 0 Å². The molecule has 2 unspecified atom stereocenters. The monoisotopic (exact) mass is 200 g/mol. The number of hydrogen-bond acceptors (Lipinski definition) is 4. The number of fused-ring (bicyclic) bond motifs is 2. The first-order valence-corrected chi connectivity index (χ1v) is 5.02. The van der Waals surface area contributed by atoms with Crippen molar-refractivity contribution >= 4 is 5.78 Å². The summed E-state index contributed by atoms with van der Waals surface area (Å²) in [5.74, 6) is 0.156. The van der Waals surface area contributed by atoms with E-state index < -0.39 is 12.6 Å². The molecule has 2 saturated heterocycles. The maximum atomic E-state index is 11.3. The van der Waals surface area contributed by atoms with Crippen LogP contribution in [-0.4, -0.2) is 30.6 Å². The maximum Gasteiger partial charge on any atom is 0.168 e. The summed E-state index contributed by atoms with van der Waals surface area (Å²) in [6.45, 7) is 4.55. The van der Waals surface area contributed by atoms with E-state index in [0.717, 1.165) is 6.42 Å². The van der Waals surface area contributed by atoms with Crippen LogP contribution in [0.5, 0.6) is 0 Å². The Hall–Kier alpha value is -0.450. The molecule has 4 nitrogen and oxygen atoms in total. The molecule has 0 aromatic heterocycles. The van der Waals surface area contributed by atoms with E-state index in [2.05, 4.69) is 0 Å². The molecule has 80 valence electrons. The molecule has 4 heteroatoms. The Balaban J connectivity index is 2.06. The molecule has 2 atom stereocenters. The first kappa shape index (κ1) is 10.1. The highest BCUT2D eigenvalue weighted by atomic mass is 16.8. The highest BCUT2D eigenvalue weighted by molar-refractivity contribution is 5.79. The molecule has 2 fully saturated rings. The third-order valence-electron chi connectivity index (χ3n) is 2.55. The second-order valence-corrected chi connectivity index (χ2v) is 4.44. The van der Waals surface area contributed by atoms with E-state index in [4.69, 9.17) is 14.2 Å². The SMILES string of the molecule is CC1(C)CCOC2CC(=O)CC(O2)O1. The second kappa shape index (κ2) is 3.61. The zero-order valence-electron chi connectivity index (χ0n) is 8.62. The van der Waals surface area contributed by atoms with Gasteiger partial charge < -0.3 is 14.2 Å². The van der Waals surface area contributed by atoms with Crippen molar-refractivity contribution in [2.45, 2.75) is 51.3 Å². The van der Waals surface area contributed by atoms with Crippen LogP contribution < -0.4 is 0 Å². The predicted octanol–water partition coefficient (Wildman–Crippen LogP) is 1.23. The average Bonchev–Trinajstić information content (AvgIpc) is 1.99. The highest BCUT2D eigenvalue weighted by Gasteiger charge is 2.35. The van der Waals surface area contributed by atoms with Gasteiger partial charge in [-0.15, -0.1) is 0 Å². The smallest absolute Gasteiger partial charge is 0.168 e. The standard InChI is InChI=1S/C10H16O4/c1-10(2)3-4-12-8-5-7(11)6-9(13-8)14-10/h8-9H,3-6H2,1-2H3. The second-order valence-electron chi connectivity index (χ2n) is 4.44. The number of hydrogen-bond donors (Lipinski definition) is 0. The summed E-state index contributed by atoms with van der Waals surface area (Å²) in [7, 11) is 0. The topological polar surface area (TPSA) is 44.8 Å². The Kier molecular flexibility index (Phi) is 2.60. The lowest BCUT2D eigenvalue weighted by molar-refractivity contribution is -0.304. The van der Waals surface area contributed by atoms with E-state index in [9.17, 15) is 4.79 Å². The van der Waals surface area contributed by atoms with Gasteiger partial charge in [0.2, 0.25) is 0 Å². The van der Waals surface area contributed by atoms with Gasteiger partial charge in [-0.2, -0.15) is 0 Å². The van der Waals surface area contributed by atoms with Crippen LogP contribution in [0.15, 0.2) is 0 Å². The summed E-state index contributed by atoms with van der Waals surface area (Å²) >= 11 is 0. The fraction of sp³-hybridized carbons (Fsp3) is 0.900. The fourth-order valence-corrected chi connectivity index (χ4v) is 1.74. The summed E-state index contributed by atoms with van der Waals surface area (Å²) in [5.41, 5.74) is -0.271. The Bertz CT molecular complexity index is 236. The molecule has 0 radical (unpaired) electrons. The molecule has 0 N–H and O–H groups in total. The Morgan fingerprint density at radius 2 is 2.00 bits per heavy atom. The lowest BCUT2D eigenvalue weighted by Gasteiger charge is -2.38. The van der Waals surface area contributed by atoms with E-state index in [-0.39, 0.29) is 11.4 Å². The van der Waals surface area contributed by atoms with Gasteiger partial charge >= 0.3 is 0 Å². The lowest BCUT2D eigenvalue weighted by atomic mass is 10.0. The quantitative estimate of drug-likeness (QED) is 0.590. The van der Waals surface area contributed by atoms with Gasteiger partial charge in [-0.25, -0.2) is 0 Å². The van der Waals surface area contributed by atoms with Gasteiger partial charge in [-0.3, -0.25) is 4.79 Å². The third-order valence-corrected chi connectivity index (χ3v) is 2.55. The highest BCUT2D eigenvalue weighted by Crippen LogP contribution is 2.27. The van der Waals surface area contributed by atoms with Crippen molar-refractivity contribution in [3.63, 3.8) is 0 Å². The van der Waals surface area contributed by atoms with Crippen LogP contribution in [0.4, 0.5) is 0 Å². The number of carbonyl (C=O) groups is 1. The molecule has 2 bridgehead atoms. The summed E-state index contributed by atoms with van der Waals surface area (Å²) in [6.07, 6.45) is 0.732. The minimum absolute atomic E-state index is 0.156. The van der Waals surface area contributed by atoms with Gasteiger partial charge in [0, 0.05) is 0 Å². The predicted molar refractivity (Wildman–Crippen MR) is 48.6 cm³/mol. The maximum absolute atomic E-state index is 11.3. The van der Waals surface area contributed by atoms with Crippen LogP contribution in [0.2, 0.25) is 0 Å². The van der Waals surface area contributed by atoms with E-state index in [1.165, 1.54) is 0 Å². The lowest BCUT2D eigenvalue weighted by Crippen LogP contribution is -2.44. The number of rotatable bonds is 0. The molecule has 2 aliphatic rings. The summed E-state index contributed by atoms with van der Waals surface area (Å²) in [5, 5.41) is 0. The molecule has 0 aliphatic carbocycles. The Labute approximate surface area is 83.5 Å². The number of Topliss-reactive ketones (excluding diaryl/α,β-unsaturated/α-hetero) is 1. The molecule has 0 aromatic carbocycles. The van der Waals surface area contributed by atoms with Crippen LogP contribution in [0.1, 0.15) is 33.1 Å². The van der Waals surface area contributed by atoms with E-state index in [0.29, 0.717) is 19.4 Å². The van der Waals surface area contributed by atoms with Gasteiger partial charge in [0.1, 0.15) is 5.78 Å². The zero-order valence-corrected chi connectivity index (χ0v) is 8.62. The number of carbonyl (C=O) groups excluding carboxylic acids is 1.